The number of aromatic nitrogens is 3. The highest BCUT2D eigenvalue weighted by Gasteiger charge is 2.39. The Balaban J connectivity index is 1.60. The maximum absolute atomic E-state index is 12.1. The molecule has 0 saturated carbocycles. The summed E-state index contributed by atoms with van der Waals surface area (Å²) in [5.41, 5.74) is -0.123. The second-order valence-electron chi connectivity index (χ2n) is 7.34. The van der Waals surface area contributed by atoms with Crippen LogP contribution in [-0.2, 0) is 17.7 Å². The lowest BCUT2D eigenvalue weighted by Crippen LogP contribution is -2.47. The molecule has 0 aliphatic carbocycles. The van der Waals surface area contributed by atoms with Gasteiger partial charge in [0.1, 0.15) is 17.8 Å². The zero-order valence-corrected chi connectivity index (χ0v) is 13.1. The topological polar surface area (TPSA) is 60.2 Å². The van der Waals surface area contributed by atoms with E-state index >= 15 is 0 Å². The second kappa shape index (κ2) is 5.00. The van der Waals surface area contributed by atoms with Crippen LogP contribution in [0.3, 0.4) is 0 Å². The summed E-state index contributed by atoms with van der Waals surface area (Å²) in [6.45, 7) is 8.28. The molecule has 6 nitrogen and oxygen atoms in total. The number of hydrogen-bond acceptors (Lipinski definition) is 4. The van der Waals surface area contributed by atoms with Crippen molar-refractivity contribution in [3.8, 4) is 0 Å². The molecule has 21 heavy (non-hydrogen) atoms. The van der Waals surface area contributed by atoms with Crippen LogP contribution in [0.2, 0.25) is 0 Å². The third-order valence-electron chi connectivity index (χ3n) is 4.56. The Bertz CT molecular complexity index is 524. The summed E-state index contributed by atoms with van der Waals surface area (Å²) in [7, 11) is 0. The van der Waals surface area contributed by atoms with Gasteiger partial charge in [0.2, 0.25) is 0 Å². The summed E-state index contributed by atoms with van der Waals surface area (Å²) in [6, 6.07) is 0. The number of likely N-dealkylation sites (tertiary alicyclic amines) is 1. The Morgan fingerprint density at radius 2 is 2.00 bits per heavy atom. The van der Waals surface area contributed by atoms with E-state index in [0.717, 1.165) is 51.1 Å². The molecule has 0 aromatic carbocycles. The maximum Gasteiger partial charge on any atom is 0.410 e. The number of piperidine rings is 1. The third-order valence-corrected chi connectivity index (χ3v) is 4.56. The van der Waals surface area contributed by atoms with Gasteiger partial charge in [0.25, 0.3) is 0 Å². The van der Waals surface area contributed by atoms with Crippen molar-refractivity contribution in [1.82, 2.24) is 19.7 Å². The first kappa shape index (κ1) is 14.4. The summed E-state index contributed by atoms with van der Waals surface area (Å²) in [5, 5.41) is 8.14. The van der Waals surface area contributed by atoms with E-state index in [9.17, 15) is 4.79 Å². The first-order valence-corrected chi connectivity index (χ1v) is 7.72. The Kier molecular flexibility index (Phi) is 3.42. The average molecular weight is 292 g/mol. The van der Waals surface area contributed by atoms with Crippen LogP contribution in [-0.4, -0.2) is 44.4 Å². The van der Waals surface area contributed by atoms with Gasteiger partial charge in [-0.15, -0.1) is 10.2 Å². The average Bonchev–Trinajstić information content (AvgIpc) is 2.84. The minimum Gasteiger partial charge on any atom is -0.444 e. The lowest BCUT2D eigenvalue weighted by molar-refractivity contribution is 0.00432. The quantitative estimate of drug-likeness (QED) is 0.736. The Morgan fingerprint density at radius 3 is 2.67 bits per heavy atom. The third kappa shape index (κ3) is 3.04. The molecule has 1 saturated heterocycles. The van der Waals surface area contributed by atoms with Gasteiger partial charge in [-0.25, -0.2) is 4.79 Å². The second-order valence-corrected chi connectivity index (χ2v) is 7.34. The van der Waals surface area contributed by atoms with Crippen LogP contribution in [0.15, 0.2) is 6.33 Å². The molecule has 0 atom stereocenters. The van der Waals surface area contributed by atoms with Gasteiger partial charge in [-0.3, -0.25) is 0 Å². The minimum absolute atomic E-state index is 0.182. The molecular formula is C15H24N4O2. The maximum atomic E-state index is 12.1. The van der Waals surface area contributed by atoms with E-state index in [4.69, 9.17) is 4.74 Å². The van der Waals surface area contributed by atoms with Crippen molar-refractivity contribution < 1.29 is 9.53 Å². The minimum atomic E-state index is -0.422. The number of nitrogens with zero attached hydrogens (tertiary/aromatic N) is 4. The summed E-state index contributed by atoms with van der Waals surface area (Å²) in [4.78, 5) is 14.0. The first-order chi connectivity index (χ1) is 9.87. The zero-order valence-electron chi connectivity index (χ0n) is 13.1. The Labute approximate surface area is 125 Å². The van der Waals surface area contributed by atoms with Gasteiger partial charge in [0.05, 0.1) is 0 Å². The predicted molar refractivity (Wildman–Crippen MR) is 77.8 cm³/mol. The molecule has 0 bridgehead atoms. The van der Waals surface area contributed by atoms with Crippen molar-refractivity contribution in [1.29, 1.82) is 0 Å². The van der Waals surface area contributed by atoms with Gasteiger partial charge in [-0.1, -0.05) is 0 Å². The first-order valence-electron chi connectivity index (χ1n) is 7.72. The lowest BCUT2D eigenvalue weighted by Gasteiger charge is -2.44. The van der Waals surface area contributed by atoms with Crippen molar-refractivity contribution in [3.63, 3.8) is 0 Å². The fourth-order valence-electron chi connectivity index (χ4n) is 3.32. The smallest absolute Gasteiger partial charge is 0.410 e. The highest BCUT2D eigenvalue weighted by Crippen LogP contribution is 2.40. The largest absolute Gasteiger partial charge is 0.444 e. The van der Waals surface area contributed by atoms with E-state index in [2.05, 4.69) is 14.8 Å². The molecule has 1 spiro atoms. The molecule has 3 rings (SSSR count). The number of rotatable bonds is 0. The van der Waals surface area contributed by atoms with E-state index in [1.165, 1.54) is 0 Å². The number of ether oxygens (including phenoxy) is 1. The van der Waals surface area contributed by atoms with Crippen LogP contribution in [0.1, 0.15) is 45.9 Å². The van der Waals surface area contributed by atoms with Gasteiger partial charge in [0.15, 0.2) is 0 Å². The van der Waals surface area contributed by atoms with E-state index in [1.54, 1.807) is 0 Å². The molecule has 2 aliphatic rings. The van der Waals surface area contributed by atoms with E-state index < -0.39 is 5.60 Å². The van der Waals surface area contributed by atoms with E-state index in [1.807, 2.05) is 32.0 Å². The van der Waals surface area contributed by atoms with Crippen molar-refractivity contribution >= 4 is 6.09 Å². The predicted octanol–water partition coefficient (Wildman–Crippen LogP) is 2.24. The molecule has 1 aromatic heterocycles. The monoisotopic (exact) mass is 292 g/mol. The van der Waals surface area contributed by atoms with E-state index in [-0.39, 0.29) is 6.09 Å². The fraction of sp³-hybridized carbons (Fsp3) is 0.800. The molecule has 6 heteroatoms. The Morgan fingerprint density at radius 1 is 1.29 bits per heavy atom. The molecule has 1 fully saturated rings. The van der Waals surface area contributed by atoms with Crippen LogP contribution in [0.5, 0.6) is 0 Å². The standard InChI is InChI=1S/C15H24N4O2/c1-14(2,3)21-13(20)18-8-6-15(7-9-18)5-4-12-17-16-11-19(12)10-15/h11H,4-10H2,1-3H3. The molecular weight excluding hydrogens is 268 g/mol. The molecule has 2 aliphatic heterocycles. The molecule has 1 aromatic rings. The van der Waals surface area contributed by atoms with Gasteiger partial charge in [-0.2, -0.15) is 0 Å². The molecule has 116 valence electrons. The molecule has 1 amide bonds. The van der Waals surface area contributed by atoms with Gasteiger partial charge in [-0.05, 0) is 45.4 Å². The zero-order chi connectivity index (χ0) is 15.1. The fourth-order valence-corrected chi connectivity index (χ4v) is 3.32. The van der Waals surface area contributed by atoms with Crippen LogP contribution in [0, 0.1) is 5.41 Å². The summed E-state index contributed by atoms with van der Waals surface area (Å²) in [6.07, 6.45) is 5.85. The molecule has 0 radical (unpaired) electrons. The van der Waals surface area contributed by atoms with E-state index in [0.29, 0.717) is 5.41 Å². The lowest BCUT2D eigenvalue weighted by atomic mass is 9.73. The van der Waals surface area contributed by atoms with Crippen LogP contribution >= 0.6 is 0 Å². The van der Waals surface area contributed by atoms with Gasteiger partial charge < -0.3 is 14.2 Å². The molecule has 0 unspecified atom stereocenters. The Hall–Kier alpha value is -1.59. The van der Waals surface area contributed by atoms with Crippen LogP contribution in [0.4, 0.5) is 4.79 Å². The molecule has 0 N–H and O–H groups in total. The number of carbonyl (C=O) groups is 1. The normalized spacial score (nSPS) is 21.2. The van der Waals surface area contributed by atoms with Crippen molar-refractivity contribution in [2.24, 2.45) is 5.41 Å². The summed E-state index contributed by atoms with van der Waals surface area (Å²) >= 11 is 0. The van der Waals surface area contributed by atoms with Gasteiger partial charge >= 0.3 is 6.09 Å². The molecule has 3 heterocycles. The number of aryl methyl sites for hydroxylation is 1. The number of fused-ring (bicyclic) bond motifs is 1. The number of amides is 1. The SMILES string of the molecule is CC(C)(C)OC(=O)N1CCC2(CCc3nncn3C2)CC1. The number of carbonyl (C=O) groups excluding carboxylic acids is 1. The summed E-state index contributed by atoms with van der Waals surface area (Å²) < 4.78 is 7.63. The highest BCUT2D eigenvalue weighted by atomic mass is 16.6. The van der Waals surface area contributed by atoms with Crippen molar-refractivity contribution in [3.05, 3.63) is 12.2 Å². The van der Waals surface area contributed by atoms with Crippen LogP contribution in [0.25, 0.3) is 0 Å². The highest BCUT2D eigenvalue weighted by molar-refractivity contribution is 5.68. The van der Waals surface area contributed by atoms with Crippen molar-refractivity contribution in [2.45, 2.75) is 58.6 Å². The number of hydrogen-bond donors (Lipinski definition) is 0. The summed E-state index contributed by atoms with van der Waals surface area (Å²) in [5.74, 6) is 1.09. The van der Waals surface area contributed by atoms with Gasteiger partial charge in [0, 0.05) is 26.1 Å². The van der Waals surface area contributed by atoms with Crippen LogP contribution < -0.4 is 0 Å². The van der Waals surface area contributed by atoms with Crippen molar-refractivity contribution in [2.75, 3.05) is 13.1 Å².